The van der Waals surface area contributed by atoms with E-state index in [0.29, 0.717) is 27.8 Å². The van der Waals surface area contributed by atoms with Crippen molar-refractivity contribution >= 4 is 34.4 Å². The summed E-state index contributed by atoms with van der Waals surface area (Å²) in [5.74, 6) is -1.96. The third-order valence-corrected chi connectivity index (χ3v) is 3.88. The summed E-state index contributed by atoms with van der Waals surface area (Å²) in [4.78, 5) is 37.1. The number of carbonyl (C=O) groups excluding carboxylic acids is 3. The molecule has 0 atom stereocenters. The standard InChI is InChI=1S/C17H11N3O5/c21-15(24-9-10-5-6-12-13(7-10)19-25-18-12)8-20-14-4-2-1-3-11(14)16(22)17(20)23/h1-7H,8-9H2. The van der Waals surface area contributed by atoms with Crippen LogP contribution in [-0.4, -0.2) is 34.5 Å². The number of nitrogens with zero attached hydrogens (tertiary/aromatic N) is 3. The highest BCUT2D eigenvalue weighted by Crippen LogP contribution is 2.28. The number of fused-ring (bicyclic) bond motifs is 2. The van der Waals surface area contributed by atoms with Gasteiger partial charge in [0.1, 0.15) is 24.2 Å². The predicted molar refractivity (Wildman–Crippen MR) is 84.7 cm³/mol. The first-order chi connectivity index (χ1) is 12.1. The van der Waals surface area contributed by atoms with Gasteiger partial charge in [-0.1, -0.05) is 18.2 Å². The van der Waals surface area contributed by atoms with Crippen molar-refractivity contribution in [2.24, 2.45) is 0 Å². The Balaban J connectivity index is 1.44. The van der Waals surface area contributed by atoms with Gasteiger partial charge in [-0.2, -0.15) is 0 Å². The van der Waals surface area contributed by atoms with Gasteiger partial charge in [0.2, 0.25) is 0 Å². The maximum absolute atomic E-state index is 12.1. The third-order valence-electron chi connectivity index (χ3n) is 3.88. The topological polar surface area (TPSA) is 103 Å². The van der Waals surface area contributed by atoms with Gasteiger partial charge in [0.25, 0.3) is 11.7 Å². The Kier molecular flexibility index (Phi) is 3.50. The summed E-state index contributed by atoms with van der Waals surface area (Å²) in [6.45, 7) is -0.311. The molecule has 1 aromatic heterocycles. The van der Waals surface area contributed by atoms with E-state index in [1.165, 1.54) is 0 Å². The number of benzene rings is 2. The van der Waals surface area contributed by atoms with E-state index in [2.05, 4.69) is 14.9 Å². The molecule has 124 valence electrons. The molecule has 0 aliphatic carbocycles. The van der Waals surface area contributed by atoms with Crippen LogP contribution in [0.4, 0.5) is 5.69 Å². The molecular formula is C17H11N3O5. The summed E-state index contributed by atoms with van der Waals surface area (Å²) in [7, 11) is 0. The maximum atomic E-state index is 12.1. The highest BCUT2D eigenvalue weighted by molar-refractivity contribution is 6.52. The van der Waals surface area contributed by atoms with Crippen molar-refractivity contribution in [3.05, 3.63) is 53.6 Å². The summed E-state index contributed by atoms with van der Waals surface area (Å²) in [6.07, 6.45) is 0. The number of hydrogen-bond donors (Lipinski definition) is 0. The number of aromatic nitrogens is 2. The Bertz CT molecular complexity index is 1010. The summed E-state index contributed by atoms with van der Waals surface area (Å²) < 4.78 is 9.80. The fourth-order valence-electron chi connectivity index (χ4n) is 2.66. The van der Waals surface area contributed by atoms with Crippen molar-refractivity contribution in [3.63, 3.8) is 0 Å². The quantitative estimate of drug-likeness (QED) is 0.525. The number of ketones is 1. The molecule has 8 nitrogen and oxygen atoms in total. The molecule has 0 unspecified atom stereocenters. The minimum atomic E-state index is -0.728. The van der Waals surface area contributed by atoms with Crippen LogP contribution in [0, 0.1) is 0 Å². The zero-order valence-corrected chi connectivity index (χ0v) is 12.8. The zero-order valence-electron chi connectivity index (χ0n) is 12.8. The summed E-state index contributed by atoms with van der Waals surface area (Å²) >= 11 is 0. The lowest BCUT2D eigenvalue weighted by Gasteiger charge is -2.15. The first-order valence-electron chi connectivity index (χ1n) is 7.45. The average molecular weight is 337 g/mol. The minimum Gasteiger partial charge on any atom is -0.459 e. The van der Waals surface area contributed by atoms with E-state index < -0.39 is 17.7 Å². The molecular weight excluding hydrogens is 326 g/mol. The number of amides is 1. The van der Waals surface area contributed by atoms with E-state index in [4.69, 9.17) is 4.74 Å². The number of anilines is 1. The number of rotatable bonds is 4. The SMILES string of the molecule is O=C(CN1C(=O)C(=O)c2ccccc21)OCc1ccc2nonc2c1. The van der Waals surface area contributed by atoms with E-state index in [1.807, 2.05) is 0 Å². The maximum Gasteiger partial charge on any atom is 0.326 e. The first kappa shape index (κ1) is 15.0. The number of ether oxygens (including phenoxy) is 1. The van der Waals surface area contributed by atoms with Gasteiger partial charge in [-0.15, -0.1) is 0 Å². The van der Waals surface area contributed by atoms with Gasteiger partial charge in [0, 0.05) is 0 Å². The Morgan fingerprint density at radius 3 is 2.76 bits per heavy atom. The molecule has 0 saturated carbocycles. The van der Waals surface area contributed by atoms with E-state index in [-0.39, 0.29) is 13.2 Å². The van der Waals surface area contributed by atoms with Crippen LogP contribution in [0.15, 0.2) is 47.1 Å². The molecule has 2 heterocycles. The molecule has 8 heteroatoms. The fourth-order valence-corrected chi connectivity index (χ4v) is 2.66. The van der Waals surface area contributed by atoms with E-state index in [1.54, 1.807) is 42.5 Å². The summed E-state index contributed by atoms with van der Waals surface area (Å²) in [5, 5.41) is 7.41. The van der Waals surface area contributed by atoms with E-state index >= 15 is 0 Å². The molecule has 1 aliphatic heterocycles. The average Bonchev–Trinajstić information content (AvgIpc) is 3.19. The lowest BCUT2D eigenvalue weighted by Crippen LogP contribution is -2.35. The second kappa shape index (κ2) is 5.82. The zero-order chi connectivity index (χ0) is 17.4. The van der Waals surface area contributed by atoms with Crippen LogP contribution in [0.2, 0.25) is 0 Å². The Morgan fingerprint density at radius 2 is 1.88 bits per heavy atom. The number of Topliss-reactive ketones (excluding diaryl/α,β-unsaturated/α-hetero) is 1. The van der Waals surface area contributed by atoms with Crippen molar-refractivity contribution in [1.82, 2.24) is 10.3 Å². The van der Waals surface area contributed by atoms with Crippen molar-refractivity contribution in [2.45, 2.75) is 6.61 Å². The Labute approximate surface area is 140 Å². The van der Waals surface area contributed by atoms with Crippen LogP contribution < -0.4 is 4.90 Å². The normalized spacial score (nSPS) is 13.4. The molecule has 0 bridgehead atoms. The van der Waals surface area contributed by atoms with Crippen LogP contribution in [0.25, 0.3) is 11.0 Å². The molecule has 0 spiro atoms. The second-order valence-corrected chi connectivity index (χ2v) is 5.49. The Morgan fingerprint density at radius 1 is 1.08 bits per heavy atom. The van der Waals surface area contributed by atoms with Crippen molar-refractivity contribution < 1.29 is 23.7 Å². The molecule has 2 aromatic carbocycles. The minimum absolute atomic E-state index is 0.0132. The first-order valence-corrected chi connectivity index (χ1v) is 7.45. The fraction of sp³-hybridized carbons (Fsp3) is 0.118. The predicted octanol–water partition coefficient (Wildman–Crippen LogP) is 1.50. The van der Waals surface area contributed by atoms with Gasteiger partial charge in [0.15, 0.2) is 0 Å². The van der Waals surface area contributed by atoms with Crippen LogP contribution >= 0.6 is 0 Å². The van der Waals surface area contributed by atoms with Gasteiger partial charge in [-0.05, 0) is 40.1 Å². The van der Waals surface area contributed by atoms with E-state index in [9.17, 15) is 14.4 Å². The molecule has 0 saturated heterocycles. The lowest BCUT2D eigenvalue weighted by molar-refractivity contribution is -0.143. The van der Waals surface area contributed by atoms with Crippen molar-refractivity contribution in [2.75, 3.05) is 11.4 Å². The Hall–Kier alpha value is -3.55. The van der Waals surface area contributed by atoms with Gasteiger partial charge < -0.3 is 4.74 Å². The highest BCUT2D eigenvalue weighted by atomic mass is 16.6. The molecule has 0 N–H and O–H groups in total. The molecule has 4 rings (SSSR count). The largest absolute Gasteiger partial charge is 0.459 e. The number of carbonyl (C=O) groups is 3. The van der Waals surface area contributed by atoms with Crippen molar-refractivity contribution in [3.8, 4) is 0 Å². The molecule has 1 aliphatic rings. The van der Waals surface area contributed by atoms with Crippen LogP contribution in [0.5, 0.6) is 0 Å². The molecule has 3 aromatic rings. The van der Waals surface area contributed by atoms with Crippen molar-refractivity contribution in [1.29, 1.82) is 0 Å². The number of esters is 1. The number of hydrogen-bond acceptors (Lipinski definition) is 7. The molecule has 25 heavy (non-hydrogen) atoms. The lowest BCUT2D eigenvalue weighted by atomic mass is 10.1. The highest BCUT2D eigenvalue weighted by Gasteiger charge is 2.36. The smallest absolute Gasteiger partial charge is 0.326 e. The third kappa shape index (κ3) is 2.63. The van der Waals surface area contributed by atoms with Gasteiger partial charge in [-0.25, -0.2) is 4.63 Å². The molecule has 0 fully saturated rings. The second-order valence-electron chi connectivity index (χ2n) is 5.49. The summed E-state index contributed by atoms with van der Waals surface area (Å²) in [5.41, 5.74) is 2.59. The summed E-state index contributed by atoms with van der Waals surface area (Å²) in [6, 6.07) is 11.7. The van der Waals surface area contributed by atoms with E-state index in [0.717, 1.165) is 4.90 Å². The van der Waals surface area contributed by atoms with Gasteiger partial charge in [0.05, 0.1) is 11.3 Å². The van der Waals surface area contributed by atoms with Gasteiger partial charge in [-0.3, -0.25) is 19.3 Å². The van der Waals surface area contributed by atoms with Crippen LogP contribution in [0.1, 0.15) is 15.9 Å². The van der Waals surface area contributed by atoms with Crippen LogP contribution in [-0.2, 0) is 20.9 Å². The molecule has 0 radical (unpaired) electrons. The number of para-hydroxylation sites is 1. The monoisotopic (exact) mass is 337 g/mol. The molecule has 1 amide bonds. The van der Waals surface area contributed by atoms with Gasteiger partial charge >= 0.3 is 5.97 Å². The van der Waals surface area contributed by atoms with Crippen LogP contribution in [0.3, 0.4) is 0 Å².